The first kappa shape index (κ1) is 9.69. The zero-order chi connectivity index (χ0) is 9.97. The van der Waals surface area contributed by atoms with Gasteiger partial charge < -0.3 is 9.47 Å². The molecule has 1 heterocycles. The van der Waals surface area contributed by atoms with Crippen molar-refractivity contribution < 1.29 is 9.47 Å². The Morgan fingerprint density at radius 1 is 1.50 bits per heavy atom. The van der Waals surface area contributed by atoms with Crippen LogP contribution in [0, 0.1) is 0 Å². The summed E-state index contributed by atoms with van der Waals surface area (Å²) in [4.78, 5) is 0. The summed E-state index contributed by atoms with van der Waals surface area (Å²) in [5, 5.41) is 0. The third kappa shape index (κ3) is 1.81. The Labute approximate surface area is 84.8 Å². The minimum Gasteiger partial charge on any atom is -0.380 e. The Bertz CT molecular complexity index is 320. The van der Waals surface area contributed by atoms with Crippen molar-refractivity contribution >= 4 is 0 Å². The van der Waals surface area contributed by atoms with Crippen LogP contribution in [0.25, 0.3) is 0 Å². The molecule has 0 fully saturated rings. The molecule has 0 saturated carbocycles. The highest BCUT2D eigenvalue weighted by atomic mass is 16.5. The van der Waals surface area contributed by atoms with Gasteiger partial charge in [-0.15, -0.1) is 0 Å². The van der Waals surface area contributed by atoms with E-state index in [4.69, 9.17) is 9.47 Å². The highest BCUT2D eigenvalue weighted by molar-refractivity contribution is 5.35. The molecule has 2 heteroatoms. The molecule has 0 unspecified atom stereocenters. The lowest BCUT2D eigenvalue weighted by molar-refractivity contribution is 0.0948. The number of ether oxygens (including phenoxy) is 2. The molecule has 1 aromatic rings. The predicted molar refractivity (Wildman–Crippen MR) is 55.2 cm³/mol. The van der Waals surface area contributed by atoms with E-state index in [2.05, 4.69) is 25.1 Å². The van der Waals surface area contributed by atoms with Gasteiger partial charge in [-0.3, -0.25) is 0 Å². The molecule has 0 amide bonds. The lowest BCUT2D eigenvalue weighted by Gasteiger charge is -2.23. The van der Waals surface area contributed by atoms with Crippen LogP contribution in [-0.2, 0) is 22.7 Å². The van der Waals surface area contributed by atoms with Gasteiger partial charge in [0.2, 0.25) is 0 Å². The van der Waals surface area contributed by atoms with Gasteiger partial charge in [0, 0.05) is 13.0 Å². The molecular weight excluding hydrogens is 176 g/mol. The van der Waals surface area contributed by atoms with Gasteiger partial charge >= 0.3 is 0 Å². The standard InChI is InChI=1S/C12H16O2/c1-9-6-14-8-11-4-3-10(7-13-2)5-12(9)11/h3-5,9H,6-8H2,1-2H3/t9-/m1/s1. The van der Waals surface area contributed by atoms with Gasteiger partial charge in [0.05, 0.1) is 19.8 Å². The molecule has 0 aromatic heterocycles. The maximum Gasteiger partial charge on any atom is 0.0719 e. The Morgan fingerprint density at radius 3 is 3.14 bits per heavy atom. The first-order chi connectivity index (χ1) is 6.81. The molecule has 0 N–H and O–H groups in total. The molecule has 1 atom stereocenters. The molecule has 0 saturated heterocycles. The first-order valence-corrected chi connectivity index (χ1v) is 4.99. The zero-order valence-electron chi connectivity index (χ0n) is 8.75. The summed E-state index contributed by atoms with van der Waals surface area (Å²) in [5.41, 5.74) is 3.99. The fraction of sp³-hybridized carbons (Fsp3) is 0.500. The molecule has 0 spiro atoms. The lowest BCUT2D eigenvalue weighted by Crippen LogP contribution is -2.14. The van der Waals surface area contributed by atoms with Crippen LogP contribution < -0.4 is 0 Å². The fourth-order valence-electron chi connectivity index (χ4n) is 1.93. The molecule has 0 radical (unpaired) electrons. The molecule has 1 aliphatic rings. The van der Waals surface area contributed by atoms with Gasteiger partial charge in [0.15, 0.2) is 0 Å². The molecule has 2 nitrogen and oxygen atoms in total. The van der Waals surface area contributed by atoms with E-state index in [1.807, 2.05) is 0 Å². The van der Waals surface area contributed by atoms with Crippen molar-refractivity contribution in [2.75, 3.05) is 13.7 Å². The SMILES string of the molecule is COCc1ccc2c(c1)[C@H](C)COC2. The lowest BCUT2D eigenvalue weighted by atomic mass is 9.93. The number of hydrogen-bond donors (Lipinski definition) is 0. The molecular formula is C12H16O2. The van der Waals surface area contributed by atoms with Crippen LogP contribution in [0.3, 0.4) is 0 Å². The van der Waals surface area contributed by atoms with E-state index < -0.39 is 0 Å². The maximum atomic E-state index is 5.48. The average Bonchev–Trinajstić information content (AvgIpc) is 2.20. The van der Waals surface area contributed by atoms with Crippen LogP contribution in [0.4, 0.5) is 0 Å². The molecule has 2 rings (SSSR count). The third-order valence-electron chi connectivity index (χ3n) is 2.68. The van der Waals surface area contributed by atoms with E-state index in [1.165, 1.54) is 16.7 Å². The van der Waals surface area contributed by atoms with E-state index in [1.54, 1.807) is 7.11 Å². The number of rotatable bonds is 2. The fourth-order valence-corrected chi connectivity index (χ4v) is 1.93. The quantitative estimate of drug-likeness (QED) is 0.716. The van der Waals surface area contributed by atoms with E-state index in [9.17, 15) is 0 Å². The van der Waals surface area contributed by atoms with Crippen LogP contribution in [0.2, 0.25) is 0 Å². The van der Waals surface area contributed by atoms with Crippen LogP contribution in [0.5, 0.6) is 0 Å². The Morgan fingerprint density at radius 2 is 2.36 bits per heavy atom. The van der Waals surface area contributed by atoms with Gasteiger partial charge in [-0.1, -0.05) is 25.1 Å². The van der Waals surface area contributed by atoms with Gasteiger partial charge in [-0.25, -0.2) is 0 Å². The van der Waals surface area contributed by atoms with Crippen molar-refractivity contribution in [1.82, 2.24) is 0 Å². The van der Waals surface area contributed by atoms with E-state index in [0.717, 1.165) is 13.2 Å². The second-order valence-corrected chi connectivity index (χ2v) is 3.88. The van der Waals surface area contributed by atoms with Crippen molar-refractivity contribution in [2.45, 2.75) is 26.1 Å². The minimum absolute atomic E-state index is 0.510. The van der Waals surface area contributed by atoms with E-state index in [0.29, 0.717) is 12.5 Å². The van der Waals surface area contributed by atoms with Crippen molar-refractivity contribution in [3.63, 3.8) is 0 Å². The summed E-state index contributed by atoms with van der Waals surface area (Å²) in [5.74, 6) is 0.510. The topological polar surface area (TPSA) is 18.5 Å². The summed E-state index contributed by atoms with van der Waals surface area (Å²) >= 11 is 0. The molecule has 1 aromatic carbocycles. The molecule has 14 heavy (non-hydrogen) atoms. The Kier molecular flexibility index (Phi) is 2.85. The van der Waals surface area contributed by atoms with Gasteiger partial charge in [0.25, 0.3) is 0 Å². The summed E-state index contributed by atoms with van der Waals surface area (Å²) in [6, 6.07) is 6.51. The van der Waals surface area contributed by atoms with Gasteiger partial charge in [-0.05, 0) is 16.7 Å². The highest BCUT2D eigenvalue weighted by Gasteiger charge is 2.16. The number of benzene rings is 1. The highest BCUT2D eigenvalue weighted by Crippen LogP contribution is 2.27. The summed E-state index contributed by atoms with van der Waals surface area (Å²) in [7, 11) is 1.73. The number of methoxy groups -OCH3 is 1. The summed E-state index contributed by atoms with van der Waals surface area (Å²) < 4.78 is 10.6. The van der Waals surface area contributed by atoms with Crippen LogP contribution in [-0.4, -0.2) is 13.7 Å². The van der Waals surface area contributed by atoms with E-state index >= 15 is 0 Å². The monoisotopic (exact) mass is 192 g/mol. The molecule has 76 valence electrons. The minimum atomic E-state index is 0.510. The largest absolute Gasteiger partial charge is 0.380 e. The molecule has 0 aliphatic carbocycles. The molecule has 1 aliphatic heterocycles. The Balaban J connectivity index is 2.31. The van der Waals surface area contributed by atoms with Gasteiger partial charge in [-0.2, -0.15) is 0 Å². The second kappa shape index (κ2) is 4.11. The van der Waals surface area contributed by atoms with Crippen molar-refractivity contribution in [1.29, 1.82) is 0 Å². The van der Waals surface area contributed by atoms with Gasteiger partial charge in [0.1, 0.15) is 0 Å². The zero-order valence-corrected chi connectivity index (χ0v) is 8.75. The van der Waals surface area contributed by atoms with Crippen molar-refractivity contribution in [2.24, 2.45) is 0 Å². The van der Waals surface area contributed by atoms with Crippen LogP contribution in [0.1, 0.15) is 29.5 Å². The maximum absolute atomic E-state index is 5.48. The van der Waals surface area contributed by atoms with Crippen molar-refractivity contribution in [3.8, 4) is 0 Å². The van der Waals surface area contributed by atoms with Crippen LogP contribution >= 0.6 is 0 Å². The first-order valence-electron chi connectivity index (χ1n) is 4.99. The normalized spacial score (nSPS) is 20.6. The number of hydrogen-bond acceptors (Lipinski definition) is 2. The number of fused-ring (bicyclic) bond motifs is 1. The second-order valence-electron chi connectivity index (χ2n) is 3.88. The Hall–Kier alpha value is -0.860. The predicted octanol–water partition coefficient (Wildman–Crippen LogP) is 2.47. The van der Waals surface area contributed by atoms with E-state index in [-0.39, 0.29) is 0 Å². The van der Waals surface area contributed by atoms with Crippen LogP contribution in [0.15, 0.2) is 18.2 Å². The summed E-state index contributed by atoms with van der Waals surface area (Å²) in [6.45, 7) is 4.49. The third-order valence-corrected chi connectivity index (χ3v) is 2.68. The average molecular weight is 192 g/mol. The van der Waals surface area contributed by atoms with Crippen molar-refractivity contribution in [3.05, 3.63) is 34.9 Å². The molecule has 0 bridgehead atoms. The summed E-state index contributed by atoms with van der Waals surface area (Å²) in [6.07, 6.45) is 0. The smallest absolute Gasteiger partial charge is 0.0719 e.